The second-order valence-corrected chi connectivity index (χ2v) is 6.96. The summed E-state index contributed by atoms with van der Waals surface area (Å²) in [5, 5.41) is 0. The maximum Gasteiger partial charge on any atom is -0.0128 e. The minimum Gasteiger partial charge on any atom is -0.0617 e. The van der Waals surface area contributed by atoms with E-state index in [1.54, 1.807) is 5.56 Å². The van der Waals surface area contributed by atoms with Gasteiger partial charge in [-0.25, -0.2) is 0 Å². The number of hydrogen-bond acceptors (Lipinski definition) is 0. The molecule has 0 saturated heterocycles. The van der Waals surface area contributed by atoms with Crippen LogP contribution in [0.15, 0.2) is 24.3 Å². The van der Waals surface area contributed by atoms with Gasteiger partial charge < -0.3 is 0 Å². The highest BCUT2D eigenvalue weighted by atomic mass is 14.6. The zero-order valence-electron chi connectivity index (χ0n) is 11.5. The first-order valence-corrected chi connectivity index (χ1v) is 7.06. The van der Waals surface area contributed by atoms with Crippen molar-refractivity contribution in [2.45, 2.75) is 46.5 Å². The van der Waals surface area contributed by atoms with E-state index in [-0.39, 0.29) is 0 Å². The van der Waals surface area contributed by atoms with Crippen LogP contribution >= 0.6 is 0 Å². The average Bonchev–Trinajstić information content (AvgIpc) is 2.79. The van der Waals surface area contributed by atoms with Crippen molar-refractivity contribution in [3.8, 4) is 0 Å². The van der Waals surface area contributed by atoms with Crippen molar-refractivity contribution in [3.63, 3.8) is 0 Å². The Balaban J connectivity index is 1.90. The SMILES string of the molecule is Cc1cccc(C2CC3CC2C(C)C3(C)C)c1. The standard InChI is InChI=1S/C17H24/c1-11-6-5-7-13(8-11)16-10-14-9-15(16)12(2)17(14,3)4/h5-8,12,14-16H,9-10H2,1-4H3. The van der Waals surface area contributed by atoms with Crippen molar-refractivity contribution in [2.24, 2.45) is 23.2 Å². The Morgan fingerprint density at radius 2 is 1.94 bits per heavy atom. The van der Waals surface area contributed by atoms with Crippen molar-refractivity contribution in [3.05, 3.63) is 35.4 Å². The Morgan fingerprint density at radius 1 is 1.18 bits per heavy atom. The first-order chi connectivity index (χ1) is 8.00. The topological polar surface area (TPSA) is 0 Å². The van der Waals surface area contributed by atoms with Crippen LogP contribution in [0, 0.1) is 30.1 Å². The van der Waals surface area contributed by atoms with Crippen LogP contribution in [0.4, 0.5) is 0 Å². The molecule has 0 aromatic heterocycles. The summed E-state index contributed by atoms with van der Waals surface area (Å²) in [6, 6.07) is 9.19. The van der Waals surface area contributed by atoms with E-state index >= 15 is 0 Å². The van der Waals surface area contributed by atoms with Gasteiger partial charge in [0, 0.05) is 0 Å². The highest BCUT2D eigenvalue weighted by molar-refractivity contribution is 5.29. The predicted molar refractivity (Wildman–Crippen MR) is 73.1 cm³/mol. The van der Waals surface area contributed by atoms with Gasteiger partial charge in [-0.15, -0.1) is 0 Å². The third kappa shape index (κ3) is 1.57. The molecule has 0 spiro atoms. The summed E-state index contributed by atoms with van der Waals surface area (Å²) in [6.45, 7) is 9.65. The average molecular weight is 228 g/mol. The lowest BCUT2D eigenvalue weighted by atomic mass is 9.65. The molecule has 0 heteroatoms. The molecule has 2 aliphatic carbocycles. The van der Waals surface area contributed by atoms with E-state index < -0.39 is 0 Å². The van der Waals surface area contributed by atoms with Crippen LogP contribution in [0.5, 0.6) is 0 Å². The summed E-state index contributed by atoms with van der Waals surface area (Å²) in [5.74, 6) is 3.60. The quantitative estimate of drug-likeness (QED) is 0.649. The summed E-state index contributed by atoms with van der Waals surface area (Å²) in [6.07, 6.45) is 2.89. The molecule has 2 fully saturated rings. The van der Waals surface area contributed by atoms with E-state index in [1.165, 1.54) is 18.4 Å². The Hall–Kier alpha value is -0.780. The zero-order valence-corrected chi connectivity index (χ0v) is 11.5. The highest BCUT2D eigenvalue weighted by Gasteiger charge is 2.54. The Kier molecular flexibility index (Phi) is 2.40. The molecule has 2 bridgehead atoms. The zero-order chi connectivity index (χ0) is 12.2. The normalized spacial score (nSPS) is 38.6. The van der Waals surface area contributed by atoms with Gasteiger partial charge in [-0.1, -0.05) is 50.6 Å². The van der Waals surface area contributed by atoms with Gasteiger partial charge in [0.15, 0.2) is 0 Å². The fraction of sp³-hybridized carbons (Fsp3) is 0.647. The van der Waals surface area contributed by atoms with Crippen LogP contribution in [-0.2, 0) is 0 Å². The first-order valence-electron chi connectivity index (χ1n) is 7.06. The third-order valence-corrected chi connectivity index (χ3v) is 5.95. The van der Waals surface area contributed by atoms with Crippen LogP contribution in [0.3, 0.4) is 0 Å². The second kappa shape index (κ2) is 3.60. The molecule has 17 heavy (non-hydrogen) atoms. The fourth-order valence-corrected chi connectivity index (χ4v) is 4.44. The molecule has 0 aliphatic heterocycles. The lowest BCUT2D eigenvalue weighted by molar-refractivity contribution is 0.122. The lowest BCUT2D eigenvalue weighted by Crippen LogP contribution is -2.32. The van der Waals surface area contributed by atoms with E-state index in [4.69, 9.17) is 0 Å². The Labute approximate surface area is 105 Å². The third-order valence-electron chi connectivity index (χ3n) is 5.95. The molecular weight excluding hydrogens is 204 g/mol. The predicted octanol–water partition coefficient (Wildman–Crippen LogP) is 4.78. The maximum atomic E-state index is 2.48. The van der Waals surface area contributed by atoms with Crippen LogP contribution in [0.1, 0.15) is 50.7 Å². The number of rotatable bonds is 1. The molecule has 4 unspecified atom stereocenters. The molecule has 1 aromatic rings. The molecular formula is C17H24. The first kappa shape index (κ1) is 11.3. The molecule has 0 N–H and O–H groups in total. The molecule has 0 amide bonds. The largest absolute Gasteiger partial charge is 0.0617 e. The van der Waals surface area contributed by atoms with Gasteiger partial charge in [-0.2, -0.15) is 0 Å². The van der Waals surface area contributed by atoms with Crippen LogP contribution in [0.2, 0.25) is 0 Å². The summed E-state index contributed by atoms with van der Waals surface area (Å²) in [7, 11) is 0. The lowest BCUT2D eigenvalue weighted by Gasteiger charge is -2.40. The van der Waals surface area contributed by atoms with Crippen molar-refractivity contribution < 1.29 is 0 Å². The van der Waals surface area contributed by atoms with E-state index in [1.807, 2.05) is 0 Å². The van der Waals surface area contributed by atoms with Crippen molar-refractivity contribution >= 4 is 0 Å². The van der Waals surface area contributed by atoms with Gasteiger partial charge >= 0.3 is 0 Å². The van der Waals surface area contributed by atoms with Crippen LogP contribution in [0.25, 0.3) is 0 Å². The van der Waals surface area contributed by atoms with E-state index in [9.17, 15) is 0 Å². The summed E-state index contributed by atoms with van der Waals surface area (Å²) in [5.41, 5.74) is 3.59. The van der Waals surface area contributed by atoms with Gasteiger partial charge in [0.1, 0.15) is 0 Å². The number of hydrogen-bond donors (Lipinski definition) is 0. The van der Waals surface area contributed by atoms with Gasteiger partial charge in [0.05, 0.1) is 0 Å². The fourth-order valence-electron chi connectivity index (χ4n) is 4.44. The molecule has 1 aromatic carbocycles. The molecule has 0 nitrogen and oxygen atoms in total. The summed E-state index contributed by atoms with van der Waals surface area (Å²) in [4.78, 5) is 0. The smallest absolute Gasteiger partial charge is 0.0128 e. The van der Waals surface area contributed by atoms with E-state index in [2.05, 4.69) is 52.0 Å². The molecule has 92 valence electrons. The second-order valence-electron chi connectivity index (χ2n) is 6.96. The van der Waals surface area contributed by atoms with Crippen molar-refractivity contribution in [1.29, 1.82) is 0 Å². The summed E-state index contributed by atoms with van der Waals surface area (Å²) < 4.78 is 0. The molecule has 4 atom stereocenters. The molecule has 3 rings (SSSR count). The van der Waals surface area contributed by atoms with E-state index in [0.29, 0.717) is 5.41 Å². The van der Waals surface area contributed by atoms with Crippen molar-refractivity contribution in [2.75, 3.05) is 0 Å². The minimum absolute atomic E-state index is 0.574. The number of aryl methyl sites for hydroxylation is 1. The maximum absolute atomic E-state index is 2.48. The van der Waals surface area contributed by atoms with Crippen molar-refractivity contribution in [1.82, 2.24) is 0 Å². The molecule has 0 heterocycles. The van der Waals surface area contributed by atoms with E-state index in [0.717, 1.165) is 23.7 Å². The monoisotopic (exact) mass is 228 g/mol. The number of fused-ring (bicyclic) bond motifs is 2. The van der Waals surface area contributed by atoms with Crippen LogP contribution < -0.4 is 0 Å². The van der Waals surface area contributed by atoms with Gasteiger partial charge in [-0.05, 0) is 54.4 Å². The minimum atomic E-state index is 0.574. The molecule has 0 radical (unpaired) electrons. The Morgan fingerprint density at radius 3 is 2.53 bits per heavy atom. The van der Waals surface area contributed by atoms with Gasteiger partial charge in [0.2, 0.25) is 0 Å². The highest BCUT2D eigenvalue weighted by Crippen LogP contribution is 2.63. The van der Waals surface area contributed by atoms with Gasteiger partial charge in [0.25, 0.3) is 0 Å². The molecule has 2 saturated carbocycles. The van der Waals surface area contributed by atoms with Crippen LogP contribution in [-0.4, -0.2) is 0 Å². The molecule has 2 aliphatic rings. The summed E-state index contributed by atoms with van der Waals surface area (Å²) >= 11 is 0. The number of benzene rings is 1. The Bertz CT molecular complexity index is 425. The van der Waals surface area contributed by atoms with Gasteiger partial charge in [-0.3, -0.25) is 0 Å².